The van der Waals surface area contributed by atoms with E-state index in [-0.39, 0.29) is 0 Å². The Hall–Kier alpha value is -1.22. The van der Waals surface area contributed by atoms with E-state index in [1.807, 2.05) is 19.1 Å². The van der Waals surface area contributed by atoms with Crippen LogP contribution in [0.2, 0.25) is 0 Å². The van der Waals surface area contributed by atoms with Crippen LogP contribution in [0.15, 0.2) is 18.2 Å². The zero-order valence-electron chi connectivity index (χ0n) is 9.79. The summed E-state index contributed by atoms with van der Waals surface area (Å²) in [4.78, 5) is 0. The molecule has 3 heteroatoms. The van der Waals surface area contributed by atoms with Gasteiger partial charge in [0.1, 0.15) is 5.75 Å². The van der Waals surface area contributed by atoms with Gasteiger partial charge in [-0.2, -0.15) is 0 Å². The van der Waals surface area contributed by atoms with E-state index in [9.17, 15) is 5.11 Å². The summed E-state index contributed by atoms with van der Waals surface area (Å²) in [6, 6.07) is 6.30. The Bertz CT molecular complexity index is 346. The summed E-state index contributed by atoms with van der Waals surface area (Å²) in [7, 11) is 0. The number of anilines is 1. The minimum atomic E-state index is 0.363. The molecule has 0 amide bonds. The number of phenolic OH excluding ortho intramolecular Hbond substituents is 1. The summed E-state index contributed by atoms with van der Waals surface area (Å²) in [5.74, 6) is 0.363. The van der Waals surface area contributed by atoms with Crippen molar-refractivity contribution in [2.24, 2.45) is 0 Å². The van der Waals surface area contributed by atoms with E-state index in [1.54, 1.807) is 6.07 Å². The predicted molar refractivity (Wildman–Crippen MR) is 67.0 cm³/mol. The minimum Gasteiger partial charge on any atom is -0.508 e. The molecule has 1 fully saturated rings. The highest BCUT2D eigenvalue weighted by atomic mass is 16.3. The van der Waals surface area contributed by atoms with Crippen LogP contribution in [0.5, 0.6) is 5.75 Å². The zero-order chi connectivity index (χ0) is 11.4. The highest BCUT2D eigenvalue weighted by molar-refractivity contribution is 5.50. The van der Waals surface area contributed by atoms with Crippen molar-refractivity contribution in [1.29, 1.82) is 0 Å². The van der Waals surface area contributed by atoms with Crippen molar-refractivity contribution in [3.63, 3.8) is 0 Å². The van der Waals surface area contributed by atoms with E-state index < -0.39 is 0 Å². The number of piperidine rings is 1. The summed E-state index contributed by atoms with van der Waals surface area (Å²) in [5, 5.41) is 16.4. The third-order valence-corrected chi connectivity index (χ3v) is 3.17. The zero-order valence-corrected chi connectivity index (χ0v) is 9.79. The third-order valence-electron chi connectivity index (χ3n) is 3.17. The molecule has 1 aromatic carbocycles. The quantitative estimate of drug-likeness (QED) is 0.732. The molecule has 0 aliphatic carbocycles. The molecule has 3 nitrogen and oxygen atoms in total. The van der Waals surface area contributed by atoms with Crippen molar-refractivity contribution in [2.45, 2.75) is 32.2 Å². The van der Waals surface area contributed by atoms with Crippen LogP contribution in [-0.2, 0) is 0 Å². The van der Waals surface area contributed by atoms with Crippen LogP contribution in [-0.4, -0.2) is 24.2 Å². The second-order valence-electron chi connectivity index (χ2n) is 4.53. The third kappa shape index (κ3) is 2.89. The van der Waals surface area contributed by atoms with Crippen molar-refractivity contribution < 1.29 is 5.11 Å². The first kappa shape index (κ1) is 11.3. The maximum Gasteiger partial charge on any atom is 0.120 e. The molecule has 1 atom stereocenters. The van der Waals surface area contributed by atoms with Gasteiger partial charge in [-0.05, 0) is 37.9 Å². The van der Waals surface area contributed by atoms with Crippen molar-refractivity contribution in [1.82, 2.24) is 5.32 Å². The van der Waals surface area contributed by atoms with Crippen molar-refractivity contribution >= 4 is 5.69 Å². The van der Waals surface area contributed by atoms with Crippen molar-refractivity contribution in [2.75, 3.05) is 18.4 Å². The van der Waals surface area contributed by atoms with Gasteiger partial charge in [0.05, 0.1) is 0 Å². The van der Waals surface area contributed by atoms with E-state index in [4.69, 9.17) is 0 Å². The minimum absolute atomic E-state index is 0.363. The average Bonchev–Trinajstić information content (AvgIpc) is 2.32. The van der Waals surface area contributed by atoms with E-state index in [1.165, 1.54) is 19.3 Å². The van der Waals surface area contributed by atoms with Gasteiger partial charge < -0.3 is 15.7 Å². The van der Waals surface area contributed by atoms with Gasteiger partial charge in [-0.25, -0.2) is 0 Å². The number of phenols is 1. The smallest absolute Gasteiger partial charge is 0.120 e. The highest BCUT2D eigenvalue weighted by Gasteiger charge is 2.11. The first-order valence-electron chi connectivity index (χ1n) is 6.02. The van der Waals surface area contributed by atoms with Crippen LogP contribution >= 0.6 is 0 Å². The molecule has 0 radical (unpaired) electrons. The number of benzene rings is 1. The molecular weight excluding hydrogens is 200 g/mol. The number of hydrogen-bond donors (Lipinski definition) is 3. The van der Waals surface area contributed by atoms with Gasteiger partial charge in [0.15, 0.2) is 0 Å². The van der Waals surface area contributed by atoms with Gasteiger partial charge in [0.2, 0.25) is 0 Å². The van der Waals surface area contributed by atoms with Crippen LogP contribution in [0.25, 0.3) is 0 Å². The van der Waals surface area contributed by atoms with Gasteiger partial charge in [-0.15, -0.1) is 0 Å². The molecule has 1 heterocycles. The summed E-state index contributed by atoms with van der Waals surface area (Å²) < 4.78 is 0. The summed E-state index contributed by atoms with van der Waals surface area (Å²) in [6.07, 6.45) is 3.85. The Morgan fingerprint density at radius 3 is 3.00 bits per heavy atom. The Morgan fingerprint density at radius 1 is 1.44 bits per heavy atom. The van der Waals surface area contributed by atoms with E-state index in [0.717, 1.165) is 24.3 Å². The fraction of sp³-hybridized carbons (Fsp3) is 0.538. The Morgan fingerprint density at radius 2 is 2.31 bits per heavy atom. The lowest BCUT2D eigenvalue weighted by Crippen LogP contribution is -2.39. The fourth-order valence-electron chi connectivity index (χ4n) is 2.06. The van der Waals surface area contributed by atoms with Crippen LogP contribution in [0.1, 0.15) is 24.8 Å². The molecule has 1 aliphatic heterocycles. The molecule has 0 spiro atoms. The summed E-state index contributed by atoms with van der Waals surface area (Å²) in [5.41, 5.74) is 1.91. The first-order chi connectivity index (χ1) is 7.75. The lowest BCUT2D eigenvalue weighted by atomic mass is 10.1. The van der Waals surface area contributed by atoms with Crippen LogP contribution < -0.4 is 10.6 Å². The molecule has 0 aromatic heterocycles. The van der Waals surface area contributed by atoms with Crippen LogP contribution in [0.4, 0.5) is 5.69 Å². The van der Waals surface area contributed by atoms with Gasteiger partial charge in [-0.1, -0.05) is 12.5 Å². The SMILES string of the molecule is Cc1ccc(NCC2CCCCN2)cc1O. The monoisotopic (exact) mass is 220 g/mol. The predicted octanol–water partition coefficient (Wildman–Crippen LogP) is 2.25. The standard InChI is InChI=1S/C13H20N2O/c1-10-5-6-11(8-13(10)16)15-9-12-4-2-3-7-14-12/h5-6,8,12,14-16H,2-4,7,9H2,1H3. The van der Waals surface area contributed by atoms with Crippen molar-refractivity contribution in [3.05, 3.63) is 23.8 Å². The summed E-state index contributed by atoms with van der Waals surface area (Å²) in [6.45, 7) is 3.97. The highest BCUT2D eigenvalue weighted by Crippen LogP contribution is 2.21. The Kier molecular flexibility index (Phi) is 3.67. The van der Waals surface area contributed by atoms with Crippen molar-refractivity contribution in [3.8, 4) is 5.75 Å². The molecule has 1 saturated heterocycles. The lowest BCUT2D eigenvalue weighted by molar-refractivity contribution is 0.414. The van der Waals surface area contributed by atoms with Crippen LogP contribution in [0, 0.1) is 6.92 Å². The summed E-state index contributed by atoms with van der Waals surface area (Å²) >= 11 is 0. The molecule has 1 aromatic rings. The molecule has 2 rings (SSSR count). The molecule has 1 unspecified atom stereocenters. The maximum atomic E-state index is 9.58. The molecule has 0 bridgehead atoms. The number of rotatable bonds is 3. The largest absolute Gasteiger partial charge is 0.508 e. The molecule has 0 saturated carbocycles. The lowest BCUT2D eigenvalue weighted by Gasteiger charge is -2.24. The van der Waals surface area contributed by atoms with Gasteiger partial charge in [0, 0.05) is 24.3 Å². The maximum absolute atomic E-state index is 9.58. The van der Waals surface area contributed by atoms with E-state index >= 15 is 0 Å². The second-order valence-corrected chi connectivity index (χ2v) is 4.53. The van der Waals surface area contributed by atoms with E-state index in [0.29, 0.717) is 11.8 Å². The molecule has 1 aliphatic rings. The first-order valence-corrected chi connectivity index (χ1v) is 6.02. The molecule has 3 N–H and O–H groups in total. The molecule has 16 heavy (non-hydrogen) atoms. The molecule has 88 valence electrons. The fourth-order valence-corrected chi connectivity index (χ4v) is 2.06. The Balaban J connectivity index is 1.86. The van der Waals surface area contributed by atoms with Gasteiger partial charge in [-0.3, -0.25) is 0 Å². The normalized spacial score (nSPS) is 20.7. The number of nitrogens with one attached hydrogen (secondary N) is 2. The second kappa shape index (κ2) is 5.21. The van der Waals surface area contributed by atoms with E-state index in [2.05, 4.69) is 10.6 Å². The topological polar surface area (TPSA) is 44.3 Å². The van der Waals surface area contributed by atoms with Crippen LogP contribution in [0.3, 0.4) is 0 Å². The van der Waals surface area contributed by atoms with Gasteiger partial charge in [0.25, 0.3) is 0 Å². The number of hydrogen-bond acceptors (Lipinski definition) is 3. The number of aromatic hydroxyl groups is 1. The van der Waals surface area contributed by atoms with Gasteiger partial charge >= 0.3 is 0 Å². The number of aryl methyl sites for hydroxylation is 1. The average molecular weight is 220 g/mol. The Labute approximate surface area is 96.9 Å². The molecular formula is C13H20N2O.